The van der Waals surface area contributed by atoms with Crippen molar-refractivity contribution in [3.8, 4) is 0 Å². The third-order valence-corrected chi connectivity index (χ3v) is 6.06. The van der Waals surface area contributed by atoms with Crippen LogP contribution in [0.2, 0.25) is 0 Å². The molecule has 1 aliphatic carbocycles. The summed E-state index contributed by atoms with van der Waals surface area (Å²) in [7, 11) is 1.88. The highest BCUT2D eigenvalue weighted by Crippen LogP contribution is 2.27. The second-order valence-electron chi connectivity index (χ2n) is 6.91. The van der Waals surface area contributed by atoms with E-state index in [1.807, 2.05) is 18.8 Å². The summed E-state index contributed by atoms with van der Waals surface area (Å²) >= 11 is 2.00. The van der Waals surface area contributed by atoms with Crippen molar-refractivity contribution in [3.63, 3.8) is 0 Å². The molecule has 1 aliphatic heterocycles. The summed E-state index contributed by atoms with van der Waals surface area (Å²) in [4.78, 5) is 6.99. The second-order valence-corrected chi connectivity index (χ2v) is 8.05. The van der Waals surface area contributed by atoms with Gasteiger partial charge in [-0.3, -0.25) is 4.99 Å². The van der Waals surface area contributed by atoms with Gasteiger partial charge in [0.05, 0.1) is 0 Å². The minimum Gasteiger partial charge on any atom is -0.356 e. The zero-order valence-electron chi connectivity index (χ0n) is 15.0. The molecule has 6 heteroatoms. The Hall–Kier alpha value is 0.310. The highest BCUT2D eigenvalue weighted by atomic mass is 127. The van der Waals surface area contributed by atoms with E-state index < -0.39 is 0 Å². The van der Waals surface area contributed by atoms with E-state index in [1.165, 1.54) is 58.2 Å². The van der Waals surface area contributed by atoms with Crippen LogP contribution in [0.4, 0.5) is 0 Å². The molecule has 0 aromatic carbocycles. The molecule has 23 heavy (non-hydrogen) atoms. The molecular weight excluding hydrogens is 419 g/mol. The van der Waals surface area contributed by atoms with Crippen molar-refractivity contribution in [1.29, 1.82) is 0 Å². The standard InChI is InChI=1S/C17H34N4S.HI/c1-14-6-4-10-21(13-14)11-5-9-19-17(18-2)20-15-7-8-16(12-15)22-3;/h14-16H,4-13H2,1-3H3,(H2,18,19,20);1H. The molecule has 2 fully saturated rings. The largest absolute Gasteiger partial charge is 0.356 e. The Morgan fingerprint density at radius 3 is 2.78 bits per heavy atom. The number of hydrogen-bond donors (Lipinski definition) is 2. The van der Waals surface area contributed by atoms with E-state index in [0.29, 0.717) is 6.04 Å². The number of guanidine groups is 1. The average molecular weight is 454 g/mol. The van der Waals surface area contributed by atoms with E-state index in [9.17, 15) is 0 Å². The Kier molecular flexibility index (Phi) is 10.9. The van der Waals surface area contributed by atoms with Gasteiger partial charge in [0.2, 0.25) is 0 Å². The molecule has 0 spiro atoms. The van der Waals surface area contributed by atoms with Crippen LogP contribution in [-0.2, 0) is 0 Å². The van der Waals surface area contributed by atoms with Crippen molar-refractivity contribution in [3.05, 3.63) is 0 Å². The van der Waals surface area contributed by atoms with E-state index in [4.69, 9.17) is 0 Å². The number of likely N-dealkylation sites (tertiary alicyclic amines) is 1. The lowest BCUT2D eigenvalue weighted by molar-refractivity contribution is 0.182. The van der Waals surface area contributed by atoms with Crippen LogP contribution >= 0.6 is 35.7 Å². The molecule has 0 amide bonds. The van der Waals surface area contributed by atoms with Crippen LogP contribution in [0.25, 0.3) is 0 Å². The van der Waals surface area contributed by atoms with Crippen LogP contribution in [0.15, 0.2) is 4.99 Å². The fraction of sp³-hybridized carbons (Fsp3) is 0.941. The SMILES string of the molecule is CN=C(NCCCN1CCCC(C)C1)NC1CCC(SC)C1.I. The maximum absolute atomic E-state index is 4.37. The van der Waals surface area contributed by atoms with Crippen LogP contribution < -0.4 is 10.6 Å². The summed E-state index contributed by atoms with van der Waals surface area (Å²) in [5.41, 5.74) is 0. The van der Waals surface area contributed by atoms with Crippen LogP contribution in [0.5, 0.6) is 0 Å². The molecule has 136 valence electrons. The topological polar surface area (TPSA) is 39.7 Å². The zero-order valence-corrected chi connectivity index (χ0v) is 18.2. The molecule has 4 nitrogen and oxygen atoms in total. The van der Waals surface area contributed by atoms with Crippen LogP contribution in [0, 0.1) is 5.92 Å². The predicted molar refractivity (Wildman–Crippen MR) is 114 cm³/mol. The first-order valence-electron chi connectivity index (χ1n) is 8.93. The number of halogens is 1. The van der Waals surface area contributed by atoms with Gasteiger partial charge in [-0.1, -0.05) is 6.92 Å². The van der Waals surface area contributed by atoms with E-state index in [0.717, 1.165) is 23.7 Å². The first-order valence-corrected chi connectivity index (χ1v) is 10.2. The predicted octanol–water partition coefficient (Wildman–Crippen LogP) is 3.18. The maximum atomic E-state index is 4.37. The molecule has 0 bridgehead atoms. The van der Waals surface area contributed by atoms with Gasteiger partial charge in [-0.15, -0.1) is 24.0 Å². The Bertz CT molecular complexity index is 353. The summed E-state index contributed by atoms with van der Waals surface area (Å²) in [6.45, 7) is 7.18. The number of rotatable bonds is 6. The normalized spacial score (nSPS) is 29.2. The van der Waals surface area contributed by atoms with Gasteiger partial charge in [-0.25, -0.2) is 0 Å². The molecule has 1 saturated heterocycles. The quantitative estimate of drug-likeness (QED) is 0.280. The molecule has 0 aromatic rings. The number of hydrogen-bond acceptors (Lipinski definition) is 3. The van der Waals surface area contributed by atoms with Crippen molar-refractivity contribution >= 4 is 41.7 Å². The van der Waals surface area contributed by atoms with Crippen molar-refractivity contribution in [2.75, 3.05) is 39.5 Å². The Morgan fingerprint density at radius 1 is 1.30 bits per heavy atom. The first kappa shape index (κ1) is 21.4. The summed E-state index contributed by atoms with van der Waals surface area (Å²) in [5.74, 6) is 1.86. The smallest absolute Gasteiger partial charge is 0.191 e. The molecular formula is C17H35IN4S. The third kappa shape index (κ3) is 7.82. The first-order chi connectivity index (χ1) is 10.7. The van der Waals surface area contributed by atoms with E-state index >= 15 is 0 Å². The lowest BCUT2D eigenvalue weighted by Gasteiger charge is -2.30. The van der Waals surface area contributed by atoms with Gasteiger partial charge in [-0.2, -0.15) is 11.8 Å². The van der Waals surface area contributed by atoms with Gasteiger partial charge in [0, 0.05) is 31.4 Å². The summed E-state index contributed by atoms with van der Waals surface area (Å²) in [6.07, 6.45) is 10.1. The van der Waals surface area contributed by atoms with Gasteiger partial charge >= 0.3 is 0 Å². The van der Waals surface area contributed by atoms with Crippen LogP contribution in [0.3, 0.4) is 0 Å². The number of piperidine rings is 1. The maximum Gasteiger partial charge on any atom is 0.191 e. The third-order valence-electron chi connectivity index (χ3n) is 4.97. The van der Waals surface area contributed by atoms with E-state index in [-0.39, 0.29) is 24.0 Å². The van der Waals surface area contributed by atoms with Gasteiger partial charge in [-0.05, 0) is 63.8 Å². The van der Waals surface area contributed by atoms with Crippen molar-refractivity contribution in [2.24, 2.45) is 10.9 Å². The zero-order chi connectivity index (χ0) is 15.8. The van der Waals surface area contributed by atoms with E-state index in [1.54, 1.807) is 0 Å². The fourth-order valence-electron chi connectivity index (χ4n) is 3.67. The number of nitrogens with zero attached hydrogens (tertiary/aromatic N) is 2. The van der Waals surface area contributed by atoms with Gasteiger partial charge in [0.25, 0.3) is 0 Å². The number of aliphatic imine (C=N–C) groups is 1. The number of thioether (sulfide) groups is 1. The van der Waals surface area contributed by atoms with Crippen molar-refractivity contribution < 1.29 is 0 Å². The van der Waals surface area contributed by atoms with Gasteiger partial charge in [0.1, 0.15) is 0 Å². The average Bonchev–Trinajstić information content (AvgIpc) is 2.98. The van der Waals surface area contributed by atoms with Crippen LogP contribution in [-0.4, -0.2) is 61.6 Å². The summed E-state index contributed by atoms with van der Waals surface area (Å²) in [5, 5.41) is 7.90. The second kappa shape index (κ2) is 11.8. The minimum atomic E-state index is 0. The molecule has 0 radical (unpaired) electrons. The molecule has 1 heterocycles. The lowest BCUT2D eigenvalue weighted by Crippen LogP contribution is -2.43. The molecule has 0 aromatic heterocycles. The number of nitrogens with one attached hydrogen (secondary N) is 2. The van der Waals surface area contributed by atoms with Crippen molar-refractivity contribution in [1.82, 2.24) is 15.5 Å². The molecule has 3 unspecified atom stereocenters. The summed E-state index contributed by atoms with van der Waals surface area (Å²) < 4.78 is 0. The fourth-order valence-corrected chi connectivity index (χ4v) is 4.47. The Morgan fingerprint density at radius 2 is 2.13 bits per heavy atom. The lowest BCUT2D eigenvalue weighted by atomic mass is 10.0. The van der Waals surface area contributed by atoms with Gasteiger partial charge < -0.3 is 15.5 Å². The highest BCUT2D eigenvalue weighted by molar-refractivity contribution is 14.0. The van der Waals surface area contributed by atoms with Crippen LogP contribution in [0.1, 0.15) is 45.4 Å². The molecule has 2 N–H and O–H groups in total. The Labute approximate surface area is 164 Å². The molecule has 1 saturated carbocycles. The Balaban J connectivity index is 0.00000264. The molecule has 2 aliphatic rings. The molecule has 3 atom stereocenters. The van der Waals surface area contributed by atoms with Crippen molar-refractivity contribution in [2.45, 2.75) is 56.7 Å². The highest BCUT2D eigenvalue weighted by Gasteiger charge is 2.24. The monoisotopic (exact) mass is 454 g/mol. The minimum absolute atomic E-state index is 0. The van der Waals surface area contributed by atoms with E-state index in [2.05, 4.69) is 33.7 Å². The molecule has 2 rings (SSSR count). The van der Waals surface area contributed by atoms with Gasteiger partial charge in [0.15, 0.2) is 5.96 Å². The summed E-state index contributed by atoms with van der Waals surface area (Å²) in [6, 6.07) is 0.603.